The number of amides is 2. The monoisotopic (exact) mass is 343 g/mol. The van der Waals surface area contributed by atoms with Crippen LogP contribution in [-0.4, -0.2) is 50.0 Å². The van der Waals surface area contributed by atoms with Crippen molar-refractivity contribution in [2.24, 2.45) is 5.92 Å². The Morgan fingerprint density at radius 2 is 2.32 bits per heavy atom. The molecule has 132 valence electrons. The first-order valence-electron chi connectivity index (χ1n) is 8.58. The van der Waals surface area contributed by atoms with Gasteiger partial charge in [0.15, 0.2) is 5.82 Å². The summed E-state index contributed by atoms with van der Waals surface area (Å²) in [7, 11) is 1.76. The van der Waals surface area contributed by atoms with Crippen LogP contribution in [0.4, 0.5) is 0 Å². The highest BCUT2D eigenvalue weighted by molar-refractivity contribution is 5.89. The molecule has 25 heavy (non-hydrogen) atoms. The molecule has 0 N–H and O–H groups in total. The van der Waals surface area contributed by atoms with E-state index in [2.05, 4.69) is 14.8 Å². The number of aryl methyl sites for hydroxylation is 1. The minimum atomic E-state index is -0.312. The molecule has 2 aromatic rings. The molecule has 8 heteroatoms. The molecule has 0 radical (unpaired) electrons. The Balaban J connectivity index is 1.38. The molecule has 4 rings (SSSR count). The molecular formula is C17H21N5O3. The summed E-state index contributed by atoms with van der Waals surface area (Å²) in [5, 5.41) is 8.37. The molecule has 0 spiro atoms. The van der Waals surface area contributed by atoms with Gasteiger partial charge in [0, 0.05) is 33.0 Å². The molecule has 8 nitrogen and oxygen atoms in total. The molecule has 2 aromatic heterocycles. The normalized spacial score (nSPS) is 19.5. The van der Waals surface area contributed by atoms with E-state index in [9.17, 15) is 9.59 Å². The Morgan fingerprint density at radius 1 is 1.44 bits per heavy atom. The number of fused-ring (bicyclic) bond motifs is 1. The van der Waals surface area contributed by atoms with E-state index in [0.29, 0.717) is 19.6 Å². The predicted octanol–water partition coefficient (Wildman–Crippen LogP) is 0.824. The zero-order valence-corrected chi connectivity index (χ0v) is 14.2. The van der Waals surface area contributed by atoms with Crippen molar-refractivity contribution in [2.45, 2.75) is 38.9 Å². The van der Waals surface area contributed by atoms with Gasteiger partial charge in [-0.05, 0) is 18.6 Å². The SMILES string of the molecule is CN(Cc1nnc2n1CCC2)C(=O)C1CC(=O)N(Cc2ccco2)C1. The quantitative estimate of drug-likeness (QED) is 0.803. The molecule has 2 aliphatic heterocycles. The Hall–Kier alpha value is -2.64. The van der Waals surface area contributed by atoms with Crippen molar-refractivity contribution in [3.63, 3.8) is 0 Å². The molecule has 2 amide bonds. The number of hydrogen-bond acceptors (Lipinski definition) is 5. The van der Waals surface area contributed by atoms with Gasteiger partial charge in [-0.25, -0.2) is 0 Å². The Bertz CT molecular complexity index is 782. The van der Waals surface area contributed by atoms with Gasteiger partial charge < -0.3 is 18.8 Å². The summed E-state index contributed by atoms with van der Waals surface area (Å²) in [6.07, 6.45) is 3.86. The Morgan fingerprint density at radius 3 is 3.12 bits per heavy atom. The van der Waals surface area contributed by atoms with Gasteiger partial charge in [0.2, 0.25) is 11.8 Å². The number of nitrogens with zero attached hydrogens (tertiary/aromatic N) is 5. The maximum absolute atomic E-state index is 12.7. The summed E-state index contributed by atoms with van der Waals surface area (Å²) in [4.78, 5) is 28.3. The Labute approximate surface area is 145 Å². The minimum absolute atomic E-state index is 0.00785. The lowest BCUT2D eigenvalue weighted by Crippen LogP contribution is -2.35. The van der Waals surface area contributed by atoms with Crippen LogP contribution in [0.25, 0.3) is 0 Å². The fourth-order valence-corrected chi connectivity index (χ4v) is 3.61. The van der Waals surface area contributed by atoms with Gasteiger partial charge in [0.05, 0.1) is 25.3 Å². The van der Waals surface area contributed by atoms with Crippen LogP contribution in [-0.2, 0) is 35.6 Å². The third-order valence-electron chi connectivity index (χ3n) is 4.93. The van der Waals surface area contributed by atoms with Gasteiger partial charge in [-0.3, -0.25) is 9.59 Å². The van der Waals surface area contributed by atoms with Gasteiger partial charge in [-0.1, -0.05) is 0 Å². The van der Waals surface area contributed by atoms with Crippen molar-refractivity contribution in [3.05, 3.63) is 35.8 Å². The minimum Gasteiger partial charge on any atom is -0.467 e. The second-order valence-corrected chi connectivity index (χ2v) is 6.74. The van der Waals surface area contributed by atoms with Crippen LogP contribution in [0, 0.1) is 5.92 Å². The van der Waals surface area contributed by atoms with Gasteiger partial charge >= 0.3 is 0 Å². The third kappa shape index (κ3) is 3.04. The van der Waals surface area contributed by atoms with E-state index in [1.807, 2.05) is 6.07 Å². The maximum atomic E-state index is 12.7. The summed E-state index contributed by atoms with van der Waals surface area (Å²) in [6, 6.07) is 3.63. The summed E-state index contributed by atoms with van der Waals surface area (Å²) >= 11 is 0. The summed E-state index contributed by atoms with van der Waals surface area (Å²) in [6.45, 7) is 2.19. The second kappa shape index (κ2) is 6.34. The van der Waals surface area contributed by atoms with Gasteiger partial charge in [0.1, 0.15) is 11.6 Å². The molecule has 1 atom stereocenters. The van der Waals surface area contributed by atoms with E-state index in [-0.39, 0.29) is 24.2 Å². The third-order valence-corrected chi connectivity index (χ3v) is 4.93. The predicted molar refractivity (Wildman–Crippen MR) is 87.0 cm³/mol. The highest BCUT2D eigenvalue weighted by Crippen LogP contribution is 2.23. The molecule has 0 bridgehead atoms. The van der Waals surface area contributed by atoms with Gasteiger partial charge in [0.25, 0.3) is 0 Å². The number of hydrogen-bond donors (Lipinski definition) is 0. The zero-order valence-electron chi connectivity index (χ0n) is 14.2. The van der Waals surface area contributed by atoms with Crippen LogP contribution < -0.4 is 0 Å². The highest BCUT2D eigenvalue weighted by atomic mass is 16.3. The van der Waals surface area contributed by atoms with Crippen molar-refractivity contribution in [3.8, 4) is 0 Å². The summed E-state index contributed by atoms with van der Waals surface area (Å²) in [5.74, 6) is 2.20. The lowest BCUT2D eigenvalue weighted by molar-refractivity contribution is -0.135. The van der Waals surface area contributed by atoms with Crippen LogP contribution in [0.2, 0.25) is 0 Å². The topological polar surface area (TPSA) is 84.5 Å². The fraction of sp³-hybridized carbons (Fsp3) is 0.529. The van der Waals surface area contributed by atoms with Crippen LogP contribution in [0.3, 0.4) is 0 Å². The number of likely N-dealkylation sites (tertiary alicyclic amines) is 1. The van der Waals surface area contributed by atoms with E-state index in [1.54, 1.807) is 29.2 Å². The van der Waals surface area contributed by atoms with Gasteiger partial charge in [-0.2, -0.15) is 0 Å². The summed E-state index contributed by atoms with van der Waals surface area (Å²) in [5.41, 5.74) is 0. The molecular weight excluding hydrogens is 322 g/mol. The molecule has 4 heterocycles. The number of carbonyl (C=O) groups excluding carboxylic acids is 2. The Kier molecular flexibility index (Phi) is 4.03. The van der Waals surface area contributed by atoms with E-state index in [4.69, 9.17) is 4.42 Å². The first kappa shape index (κ1) is 15.9. The van der Waals surface area contributed by atoms with Crippen LogP contribution in [0.5, 0.6) is 0 Å². The summed E-state index contributed by atoms with van der Waals surface area (Å²) < 4.78 is 7.38. The molecule has 0 saturated carbocycles. The average molecular weight is 343 g/mol. The van der Waals surface area contributed by atoms with E-state index in [1.165, 1.54) is 0 Å². The number of furan rings is 1. The van der Waals surface area contributed by atoms with Crippen molar-refractivity contribution in [1.82, 2.24) is 24.6 Å². The maximum Gasteiger partial charge on any atom is 0.228 e. The van der Waals surface area contributed by atoms with E-state index in [0.717, 1.165) is 36.8 Å². The lowest BCUT2D eigenvalue weighted by atomic mass is 10.1. The van der Waals surface area contributed by atoms with Gasteiger partial charge in [-0.15, -0.1) is 10.2 Å². The van der Waals surface area contributed by atoms with E-state index >= 15 is 0 Å². The highest BCUT2D eigenvalue weighted by Gasteiger charge is 2.36. The first-order valence-corrected chi connectivity index (χ1v) is 8.58. The van der Waals surface area contributed by atoms with Crippen LogP contribution in [0.15, 0.2) is 22.8 Å². The molecule has 1 unspecified atom stereocenters. The molecule has 0 aliphatic carbocycles. The number of rotatable bonds is 5. The lowest BCUT2D eigenvalue weighted by Gasteiger charge is -2.21. The van der Waals surface area contributed by atoms with E-state index < -0.39 is 0 Å². The first-order chi connectivity index (χ1) is 12.1. The number of carbonyl (C=O) groups is 2. The largest absolute Gasteiger partial charge is 0.467 e. The molecule has 0 aromatic carbocycles. The van der Waals surface area contributed by atoms with Crippen LogP contribution >= 0.6 is 0 Å². The van der Waals surface area contributed by atoms with Crippen LogP contribution in [0.1, 0.15) is 30.3 Å². The molecule has 1 saturated heterocycles. The molecule has 1 fully saturated rings. The van der Waals surface area contributed by atoms with Crippen molar-refractivity contribution in [2.75, 3.05) is 13.6 Å². The van der Waals surface area contributed by atoms with Crippen molar-refractivity contribution in [1.29, 1.82) is 0 Å². The standard InChI is InChI=1S/C17H21N5O3/c1-20(11-15-19-18-14-5-2-6-22(14)15)17(24)12-8-16(23)21(9-12)10-13-4-3-7-25-13/h3-4,7,12H,2,5-6,8-11H2,1H3. The smallest absolute Gasteiger partial charge is 0.228 e. The number of aromatic nitrogens is 3. The van der Waals surface area contributed by atoms with Crippen molar-refractivity contribution >= 4 is 11.8 Å². The zero-order chi connectivity index (χ0) is 17.4. The average Bonchev–Trinajstić information content (AvgIpc) is 3.35. The molecule has 2 aliphatic rings. The fourth-order valence-electron chi connectivity index (χ4n) is 3.61. The van der Waals surface area contributed by atoms with Crippen molar-refractivity contribution < 1.29 is 14.0 Å². The second-order valence-electron chi connectivity index (χ2n) is 6.74.